The van der Waals surface area contributed by atoms with Crippen LogP contribution in [0.3, 0.4) is 0 Å². The van der Waals surface area contributed by atoms with E-state index in [2.05, 4.69) is 15.5 Å². The fraction of sp³-hybridized carbons (Fsp3) is 0.148. The zero-order valence-corrected chi connectivity index (χ0v) is 22.7. The summed E-state index contributed by atoms with van der Waals surface area (Å²) in [5, 5.41) is 7.19. The highest BCUT2D eigenvalue weighted by Crippen LogP contribution is 2.30. The summed E-state index contributed by atoms with van der Waals surface area (Å²) in [5.74, 6) is -0.373. The van der Waals surface area contributed by atoms with Gasteiger partial charge in [-0.05, 0) is 66.3 Å². The molecule has 1 heterocycles. The molecule has 1 aliphatic rings. The Morgan fingerprint density at radius 3 is 2.27 bits per heavy atom. The third-order valence-electron chi connectivity index (χ3n) is 5.75. The fourth-order valence-corrected chi connectivity index (χ4v) is 4.86. The smallest absolute Gasteiger partial charge is 0.253 e. The highest BCUT2D eigenvalue weighted by atomic mass is 35.5. The third kappa shape index (κ3) is 7.23. The van der Waals surface area contributed by atoms with Crippen LogP contribution in [0, 0.1) is 0 Å². The van der Waals surface area contributed by atoms with Gasteiger partial charge in [-0.1, -0.05) is 59.1 Å². The number of halogens is 3. The van der Waals surface area contributed by atoms with Crippen molar-refractivity contribution < 1.29 is 9.59 Å². The molecule has 0 radical (unpaired) electrons. The van der Waals surface area contributed by atoms with Crippen molar-refractivity contribution in [3.8, 4) is 0 Å². The number of hydrogen-bond acceptors (Lipinski definition) is 4. The number of anilines is 2. The van der Waals surface area contributed by atoms with Gasteiger partial charge in [-0.15, -0.1) is 0 Å². The zero-order valence-electron chi connectivity index (χ0n) is 19.6. The number of carbonyl (C=O) groups excluding carboxylic acids is 2. The molecule has 0 unspecified atom stereocenters. The maximum absolute atomic E-state index is 12.7. The lowest BCUT2D eigenvalue weighted by Gasteiger charge is -2.36. The second-order valence-corrected chi connectivity index (χ2v) is 9.91. The molecule has 10 heteroatoms. The molecule has 190 valence electrons. The highest BCUT2D eigenvalue weighted by Gasteiger charge is 2.23. The van der Waals surface area contributed by atoms with Gasteiger partial charge in [-0.25, -0.2) is 0 Å². The average Bonchev–Trinajstić information content (AvgIpc) is 2.88. The Bertz CT molecular complexity index is 1340. The van der Waals surface area contributed by atoms with Crippen molar-refractivity contribution in [3.63, 3.8) is 0 Å². The number of thiocarbonyl (C=S) groups is 1. The molecule has 3 aromatic rings. The predicted octanol–water partition coefficient (Wildman–Crippen LogP) is 6.14. The topological polar surface area (TPSA) is 64.7 Å². The van der Waals surface area contributed by atoms with Crippen molar-refractivity contribution in [2.45, 2.75) is 0 Å². The molecule has 1 fully saturated rings. The van der Waals surface area contributed by atoms with Gasteiger partial charge in [-0.3, -0.25) is 14.9 Å². The summed E-state index contributed by atoms with van der Waals surface area (Å²) in [7, 11) is 0. The van der Waals surface area contributed by atoms with Crippen molar-refractivity contribution in [2.24, 2.45) is 0 Å². The van der Waals surface area contributed by atoms with Gasteiger partial charge in [0.05, 0.1) is 10.7 Å². The van der Waals surface area contributed by atoms with E-state index in [1.165, 1.54) is 6.08 Å². The van der Waals surface area contributed by atoms with E-state index in [4.69, 9.17) is 47.0 Å². The van der Waals surface area contributed by atoms with E-state index in [0.29, 0.717) is 58.1 Å². The Balaban J connectivity index is 1.29. The van der Waals surface area contributed by atoms with Gasteiger partial charge >= 0.3 is 0 Å². The molecule has 0 atom stereocenters. The zero-order chi connectivity index (χ0) is 26.4. The van der Waals surface area contributed by atoms with Crippen LogP contribution in [-0.4, -0.2) is 48.0 Å². The lowest BCUT2D eigenvalue weighted by molar-refractivity contribution is -0.115. The van der Waals surface area contributed by atoms with Gasteiger partial charge < -0.3 is 15.1 Å². The number of nitrogens with one attached hydrogen (secondary N) is 2. The van der Waals surface area contributed by atoms with Gasteiger partial charge in [0, 0.05) is 53.6 Å². The van der Waals surface area contributed by atoms with Crippen LogP contribution in [0.4, 0.5) is 11.4 Å². The molecule has 0 aromatic heterocycles. The molecule has 3 aromatic carbocycles. The van der Waals surface area contributed by atoms with Crippen molar-refractivity contribution in [3.05, 3.63) is 99.0 Å². The first-order valence-corrected chi connectivity index (χ1v) is 13.0. The molecule has 4 rings (SSSR count). The molecule has 2 amide bonds. The summed E-state index contributed by atoms with van der Waals surface area (Å²) in [6.07, 6.45) is 2.91. The van der Waals surface area contributed by atoms with Gasteiger partial charge in [0.1, 0.15) is 0 Å². The first-order valence-electron chi connectivity index (χ1n) is 11.4. The second-order valence-electron chi connectivity index (χ2n) is 8.25. The Kier molecular flexibility index (Phi) is 9.05. The number of carbonyl (C=O) groups is 2. The molecule has 1 saturated heterocycles. The number of piperazine rings is 1. The molecule has 0 spiro atoms. The normalized spacial score (nSPS) is 13.5. The predicted molar refractivity (Wildman–Crippen MR) is 156 cm³/mol. The number of nitrogens with zero attached hydrogens (tertiary/aromatic N) is 2. The molecular weight excluding hydrogens is 551 g/mol. The van der Waals surface area contributed by atoms with Crippen molar-refractivity contribution in [1.29, 1.82) is 0 Å². The molecule has 1 aliphatic heterocycles. The summed E-state index contributed by atoms with van der Waals surface area (Å²) in [6.45, 7) is 2.55. The quantitative estimate of drug-likeness (QED) is 0.284. The minimum atomic E-state index is -0.408. The molecule has 0 aliphatic carbocycles. The standard InChI is InChI=1S/C27H23Cl3N4O2S/c28-20-8-6-18(22(29)16-20)7-11-25(35)32-27(37)31-21-9-10-24(23(30)17-21)33-12-14-34(15-13-33)26(36)19-4-2-1-3-5-19/h1-11,16-17H,12-15H2,(H2,31,32,35,37)/b11-7+. The van der Waals surface area contributed by atoms with Gasteiger partial charge in [0.15, 0.2) is 5.11 Å². The molecule has 0 bridgehead atoms. The van der Waals surface area contributed by atoms with Crippen LogP contribution < -0.4 is 15.5 Å². The molecule has 37 heavy (non-hydrogen) atoms. The Morgan fingerprint density at radius 1 is 0.865 bits per heavy atom. The van der Waals surface area contributed by atoms with Crippen molar-refractivity contribution in [2.75, 3.05) is 36.4 Å². The van der Waals surface area contributed by atoms with Crippen molar-refractivity contribution in [1.82, 2.24) is 10.2 Å². The molecular formula is C27H23Cl3N4O2S. The van der Waals surface area contributed by atoms with E-state index in [1.807, 2.05) is 47.4 Å². The van der Waals surface area contributed by atoms with E-state index in [1.54, 1.807) is 30.3 Å². The van der Waals surface area contributed by atoms with Crippen LogP contribution in [0.5, 0.6) is 0 Å². The fourth-order valence-electron chi connectivity index (χ4n) is 3.87. The summed E-state index contributed by atoms with van der Waals surface area (Å²) in [4.78, 5) is 28.9. The maximum atomic E-state index is 12.7. The van der Waals surface area contributed by atoms with Gasteiger partial charge in [0.25, 0.3) is 5.91 Å². The molecule has 2 N–H and O–H groups in total. The van der Waals surface area contributed by atoms with E-state index in [0.717, 1.165) is 5.69 Å². The Labute approximate surface area is 235 Å². The summed E-state index contributed by atoms with van der Waals surface area (Å²) in [5.41, 5.74) is 2.86. The van der Waals surface area contributed by atoms with E-state index < -0.39 is 5.91 Å². The van der Waals surface area contributed by atoms with Crippen LogP contribution >= 0.6 is 47.0 Å². The van der Waals surface area contributed by atoms with Gasteiger partial charge in [0.2, 0.25) is 5.91 Å². The SMILES string of the molecule is O=C(/C=C/c1ccc(Cl)cc1Cl)NC(=S)Nc1ccc(N2CCN(C(=O)c3ccccc3)CC2)c(Cl)c1. The highest BCUT2D eigenvalue weighted by molar-refractivity contribution is 7.80. The largest absolute Gasteiger partial charge is 0.367 e. The lowest BCUT2D eigenvalue weighted by Crippen LogP contribution is -2.48. The number of hydrogen-bond donors (Lipinski definition) is 2. The number of rotatable bonds is 5. The van der Waals surface area contributed by atoms with E-state index in [9.17, 15) is 9.59 Å². The van der Waals surface area contributed by atoms with E-state index in [-0.39, 0.29) is 11.0 Å². The van der Waals surface area contributed by atoms with Crippen LogP contribution in [0.25, 0.3) is 6.08 Å². The average molecular weight is 574 g/mol. The van der Waals surface area contributed by atoms with Crippen LogP contribution in [0.2, 0.25) is 15.1 Å². The minimum absolute atomic E-state index is 0.0348. The third-order valence-corrected chi connectivity index (χ3v) is 6.82. The first-order chi connectivity index (χ1) is 17.8. The molecule has 6 nitrogen and oxygen atoms in total. The second kappa shape index (κ2) is 12.4. The van der Waals surface area contributed by atoms with Crippen LogP contribution in [0.1, 0.15) is 15.9 Å². The van der Waals surface area contributed by atoms with Crippen molar-refractivity contribution >= 4 is 81.4 Å². The Hall–Kier alpha value is -3.10. The summed E-state index contributed by atoms with van der Waals surface area (Å²) >= 11 is 23.8. The number of benzene rings is 3. The summed E-state index contributed by atoms with van der Waals surface area (Å²) < 4.78 is 0. The maximum Gasteiger partial charge on any atom is 0.253 e. The summed E-state index contributed by atoms with van der Waals surface area (Å²) in [6, 6.07) is 19.8. The van der Waals surface area contributed by atoms with Crippen LogP contribution in [0.15, 0.2) is 72.8 Å². The first kappa shape index (κ1) is 26.9. The monoisotopic (exact) mass is 572 g/mol. The van der Waals surface area contributed by atoms with Crippen LogP contribution in [-0.2, 0) is 4.79 Å². The minimum Gasteiger partial charge on any atom is -0.367 e. The number of amides is 2. The molecule has 0 saturated carbocycles. The van der Waals surface area contributed by atoms with Gasteiger partial charge in [-0.2, -0.15) is 0 Å². The van der Waals surface area contributed by atoms with E-state index >= 15 is 0 Å². The lowest BCUT2D eigenvalue weighted by atomic mass is 10.1. The Morgan fingerprint density at radius 2 is 1.59 bits per heavy atom.